The molecule has 3 atom stereocenters. The Hall–Kier alpha value is -1.93. The van der Waals surface area contributed by atoms with Gasteiger partial charge in [-0.25, -0.2) is 13.6 Å². The monoisotopic (exact) mass is 435 g/mol. The molecule has 0 aliphatic carbocycles. The van der Waals surface area contributed by atoms with E-state index in [1.807, 2.05) is 17.9 Å². The summed E-state index contributed by atoms with van der Waals surface area (Å²) in [5, 5.41) is 5.24. The predicted octanol–water partition coefficient (Wildman–Crippen LogP) is 2.44. The van der Waals surface area contributed by atoms with Gasteiger partial charge in [0.05, 0.1) is 4.90 Å². The molecule has 0 spiro atoms. The van der Waals surface area contributed by atoms with Gasteiger partial charge < -0.3 is 4.90 Å². The molecule has 2 fully saturated rings. The van der Waals surface area contributed by atoms with Crippen LogP contribution in [0, 0.1) is 18.8 Å². The van der Waals surface area contributed by atoms with Crippen LogP contribution in [0.4, 0.5) is 0 Å². The molecule has 29 heavy (non-hydrogen) atoms. The molecule has 2 aliphatic heterocycles. The zero-order valence-corrected chi connectivity index (χ0v) is 18.1. The summed E-state index contributed by atoms with van der Waals surface area (Å²) in [7, 11) is -1.70. The molecular formula is C21H26ClN3O3S. The number of carbonyl (C=O) groups is 1. The van der Waals surface area contributed by atoms with E-state index in [1.54, 1.807) is 6.07 Å². The van der Waals surface area contributed by atoms with E-state index in [4.69, 9.17) is 5.14 Å². The second-order valence-electron chi connectivity index (χ2n) is 7.95. The minimum absolute atomic E-state index is 0. The van der Waals surface area contributed by atoms with Gasteiger partial charge in [0.15, 0.2) is 0 Å². The van der Waals surface area contributed by atoms with Crippen LogP contribution in [0.25, 0.3) is 0 Å². The minimum atomic E-state index is -3.84. The summed E-state index contributed by atoms with van der Waals surface area (Å²) in [6, 6.07) is 15.2. The third-order valence-corrected chi connectivity index (χ3v) is 7.00. The molecule has 4 rings (SSSR count). The topological polar surface area (TPSA) is 83.7 Å². The van der Waals surface area contributed by atoms with Crippen molar-refractivity contribution in [2.24, 2.45) is 17.0 Å². The number of aryl methyl sites for hydroxylation is 1. The van der Waals surface area contributed by atoms with Gasteiger partial charge in [-0.3, -0.25) is 9.69 Å². The minimum Gasteiger partial charge on any atom is -0.338 e. The van der Waals surface area contributed by atoms with E-state index in [2.05, 4.69) is 36.2 Å². The highest BCUT2D eigenvalue weighted by atomic mass is 35.5. The quantitative estimate of drug-likeness (QED) is 0.802. The highest BCUT2D eigenvalue weighted by Crippen LogP contribution is 2.44. The van der Waals surface area contributed by atoms with Gasteiger partial charge in [-0.15, -0.1) is 12.4 Å². The lowest BCUT2D eigenvalue weighted by molar-refractivity contribution is 0.0767. The third kappa shape index (κ3) is 4.05. The summed E-state index contributed by atoms with van der Waals surface area (Å²) < 4.78 is 23.4. The van der Waals surface area contributed by atoms with E-state index < -0.39 is 10.0 Å². The van der Waals surface area contributed by atoms with E-state index >= 15 is 0 Å². The average molecular weight is 436 g/mol. The number of sulfonamides is 1. The van der Waals surface area contributed by atoms with Crippen LogP contribution in [-0.4, -0.2) is 50.8 Å². The Labute approximate surface area is 178 Å². The molecule has 0 aromatic heterocycles. The molecule has 8 heteroatoms. The van der Waals surface area contributed by atoms with Crippen LogP contribution in [0.1, 0.15) is 27.5 Å². The van der Waals surface area contributed by atoms with E-state index in [0.717, 1.165) is 12.1 Å². The van der Waals surface area contributed by atoms with Crippen LogP contribution in [0.3, 0.4) is 0 Å². The second-order valence-corrected chi connectivity index (χ2v) is 9.51. The van der Waals surface area contributed by atoms with Gasteiger partial charge in [0, 0.05) is 37.2 Å². The lowest BCUT2D eigenvalue weighted by Crippen LogP contribution is -2.34. The van der Waals surface area contributed by atoms with Gasteiger partial charge >= 0.3 is 0 Å². The zero-order chi connectivity index (χ0) is 20.1. The molecule has 2 aromatic carbocycles. The van der Waals surface area contributed by atoms with E-state index in [-0.39, 0.29) is 23.2 Å². The summed E-state index contributed by atoms with van der Waals surface area (Å²) in [6.45, 7) is 4.13. The van der Waals surface area contributed by atoms with E-state index in [0.29, 0.717) is 36.5 Å². The van der Waals surface area contributed by atoms with Crippen molar-refractivity contribution < 1.29 is 13.2 Å². The molecule has 6 nitrogen and oxygen atoms in total. The standard InChI is InChI=1S/C21H25N3O3S.ClH/c1-14-8-9-17(28(22,26)27)10-18(14)21(25)24-12-16-11-23(2)20(19(16)13-24)15-6-4-3-5-7-15;/h3-10,16,19-20H,11-13H2,1-2H3,(H2,22,26,27);1H/t16-,19+,20-;/m0./s1. The van der Waals surface area contributed by atoms with Crippen LogP contribution in [-0.2, 0) is 10.0 Å². The first-order valence-electron chi connectivity index (χ1n) is 9.43. The van der Waals surface area contributed by atoms with Gasteiger partial charge in [0.2, 0.25) is 10.0 Å². The normalized spacial score (nSPS) is 24.2. The average Bonchev–Trinajstić information content (AvgIpc) is 3.17. The largest absolute Gasteiger partial charge is 0.338 e. The zero-order valence-electron chi connectivity index (χ0n) is 16.5. The van der Waals surface area contributed by atoms with Gasteiger partial charge in [0.25, 0.3) is 5.91 Å². The molecular weight excluding hydrogens is 410 g/mol. The van der Waals surface area contributed by atoms with Crippen molar-refractivity contribution in [3.8, 4) is 0 Å². The van der Waals surface area contributed by atoms with Crippen molar-refractivity contribution in [3.63, 3.8) is 0 Å². The Morgan fingerprint density at radius 3 is 2.41 bits per heavy atom. The molecule has 2 aromatic rings. The first-order valence-corrected chi connectivity index (χ1v) is 11.0. The number of nitrogens with zero attached hydrogens (tertiary/aromatic N) is 2. The van der Waals surface area contributed by atoms with Crippen molar-refractivity contribution in [3.05, 3.63) is 65.2 Å². The third-order valence-electron chi connectivity index (χ3n) is 6.09. The van der Waals surface area contributed by atoms with E-state index in [9.17, 15) is 13.2 Å². The Morgan fingerprint density at radius 2 is 1.76 bits per heavy atom. The highest BCUT2D eigenvalue weighted by Gasteiger charge is 2.47. The van der Waals surface area contributed by atoms with Gasteiger partial charge in [-0.05, 0) is 43.1 Å². The maximum Gasteiger partial charge on any atom is 0.254 e. The molecule has 0 bridgehead atoms. The summed E-state index contributed by atoms with van der Waals surface area (Å²) in [6.07, 6.45) is 0. The Bertz CT molecular complexity index is 1010. The number of halogens is 1. The van der Waals surface area contributed by atoms with Crippen molar-refractivity contribution in [2.45, 2.75) is 17.9 Å². The number of hydrogen-bond acceptors (Lipinski definition) is 4. The molecule has 2 heterocycles. The van der Waals surface area contributed by atoms with Gasteiger partial charge in [-0.2, -0.15) is 0 Å². The van der Waals surface area contributed by atoms with Crippen LogP contribution in [0.2, 0.25) is 0 Å². The fourth-order valence-corrected chi connectivity index (χ4v) is 5.29. The smallest absolute Gasteiger partial charge is 0.254 e. The number of carbonyl (C=O) groups excluding carboxylic acids is 1. The first kappa shape index (κ1) is 21.8. The summed E-state index contributed by atoms with van der Waals surface area (Å²) in [5.41, 5.74) is 2.45. The van der Waals surface area contributed by atoms with Crippen LogP contribution in [0.15, 0.2) is 53.4 Å². The Balaban J connectivity index is 0.00000240. The summed E-state index contributed by atoms with van der Waals surface area (Å²) >= 11 is 0. The maximum atomic E-state index is 13.2. The highest BCUT2D eigenvalue weighted by molar-refractivity contribution is 7.89. The molecule has 0 unspecified atom stereocenters. The second kappa shape index (κ2) is 8.07. The van der Waals surface area contributed by atoms with Crippen LogP contribution in [0.5, 0.6) is 0 Å². The molecule has 1 amide bonds. The van der Waals surface area contributed by atoms with E-state index in [1.165, 1.54) is 17.7 Å². The number of nitrogens with two attached hydrogens (primary N) is 1. The van der Waals surface area contributed by atoms with Gasteiger partial charge in [-0.1, -0.05) is 36.4 Å². The molecule has 0 radical (unpaired) electrons. The predicted molar refractivity (Wildman–Crippen MR) is 114 cm³/mol. The number of hydrogen-bond donors (Lipinski definition) is 1. The number of fused-ring (bicyclic) bond motifs is 1. The van der Waals surface area contributed by atoms with Crippen molar-refractivity contribution in [1.82, 2.24) is 9.80 Å². The fraction of sp³-hybridized carbons (Fsp3) is 0.381. The molecule has 2 saturated heterocycles. The SMILES string of the molecule is Cc1ccc(S(N)(=O)=O)cc1C(=O)N1C[C@@H]2CN(C)[C@@H](c3ccccc3)[C@@H]2C1.Cl. The first-order chi connectivity index (χ1) is 13.3. The van der Waals surface area contributed by atoms with Gasteiger partial charge in [0.1, 0.15) is 0 Å². The number of likely N-dealkylation sites (tertiary alicyclic amines) is 2. The van der Waals surface area contributed by atoms with Crippen molar-refractivity contribution >= 4 is 28.3 Å². The number of primary sulfonamides is 1. The Kier molecular flexibility index (Phi) is 6.06. The summed E-state index contributed by atoms with van der Waals surface area (Å²) in [4.78, 5) is 17.4. The molecule has 2 N–H and O–H groups in total. The molecule has 156 valence electrons. The lowest BCUT2D eigenvalue weighted by Gasteiger charge is -2.27. The Morgan fingerprint density at radius 1 is 1.07 bits per heavy atom. The van der Waals surface area contributed by atoms with Crippen molar-refractivity contribution in [2.75, 3.05) is 26.7 Å². The van der Waals surface area contributed by atoms with Crippen LogP contribution >= 0.6 is 12.4 Å². The number of amides is 1. The van der Waals surface area contributed by atoms with Crippen LogP contribution < -0.4 is 5.14 Å². The molecule has 0 saturated carbocycles. The molecule has 2 aliphatic rings. The fourth-order valence-electron chi connectivity index (χ4n) is 4.75. The van der Waals surface area contributed by atoms with Crippen molar-refractivity contribution in [1.29, 1.82) is 0 Å². The lowest BCUT2D eigenvalue weighted by atomic mass is 9.90. The number of benzene rings is 2. The maximum absolute atomic E-state index is 13.2. The summed E-state index contributed by atoms with van der Waals surface area (Å²) in [5.74, 6) is 0.672. The number of rotatable bonds is 3.